The van der Waals surface area contributed by atoms with Crippen molar-refractivity contribution in [3.8, 4) is 11.4 Å². The van der Waals surface area contributed by atoms with E-state index in [-0.39, 0.29) is 5.54 Å². The maximum absolute atomic E-state index is 4.65. The van der Waals surface area contributed by atoms with Gasteiger partial charge < -0.3 is 10.2 Å². The molecule has 5 nitrogen and oxygen atoms in total. The standard InChI is InChI=1S/C23H29N5/c1-22(2)15-28(11-10-25-22)17-6-9-24-20(13-17)21-18-12-16(14-23(3)7-8-23)4-5-19(18)26-27-21/h4-6,9,12-13,25H,7-8,10-11,14-15H2,1-3H3,(H,26,27). The SMILES string of the molecule is CC1(Cc2ccc3[nH]nc(-c4cc(N5CCNC(C)(C)C5)ccn4)c3c2)CC1. The van der Waals surface area contributed by atoms with E-state index in [9.17, 15) is 0 Å². The Morgan fingerprint density at radius 1 is 1.11 bits per heavy atom. The van der Waals surface area contributed by atoms with Crippen molar-refractivity contribution in [3.05, 3.63) is 42.1 Å². The first-order chi connectivity index (χ1) is 13.4. The molecule has 0 unspecified atom stereocenters. The Hall–Kier alpha value is -2.40. The largest absolute Gasteiger partial charge is 0.368 e. The summed E-state index contributed by atoms with van der Waals surface area (Å²) >= 11 is 0. The average molecular weight is 376 g/mol. The van der Waals surface area contributed by atoms with Gasteiger partial charge in [-0.05, 0) is 68.4 Å². The summed E-state index contributed by atoms with van der Waals surface area (Å²) in [6.45, 7) is 9.89. The Kier molecular flexibility index (Phi) is 3.98. The molecular weight excluding hydrogens is 346 g/mol. The first-order valence-corrected chi connectivity index (χ1v) is 10.3. The smallest absolute Gasteiger partial charge is 0.118 e. The molecule has 2 N–H and O–H groups in total. The third kappa shape index (κ3) is 3.39. The highest BCUT2D eigenvalue weighted by Gasteiger charge is 2.37. The van der Waals surface area contributed by atoms with E-state index in [1.165, 1.54) is 29.5 Å². The number of benzene rings is 1. The van der Waals surface area contributed by atoms with Crippen molar-refractivity contribution in [3.63, 3.8) is 0 Å². The number of H-pyrrole nitrogens is 1. The number of fused-ring (bicyclic) bond motifs is 1. The monoisotopic (exact) mass is 375 g/mol. The van der Waals surface area contributed by atoms with Crippen LogP contribution in [0, 0.1) is 5.41 Å². The zero-order valence-electron chi connectivity index (χ0n) is 17.0. The Morgan fingerprint density at radius 3 is 2.75 bits per heavy atom. The fourth-order valence-electron chi connectivity index (χ4n) is 4.36. The molecule has 5 heteroatoms. The second-order valence-corrected chi connectivity index (χ2v) is 9.57. The molecule has 0 radical (unpaired) electrons. The van der Waals surface area contributed by atoms with Gasteiger partial charge >= 0.3 is 0 Å². The fraction of sp³-hybridized carbons (Fsp3) is 0.478. The van der Waals surface area contributed by atoms with Gasteiger partial charge in [0.2, 0.25) is 0 Å². The molecule has 0 amide bonds. The molecule has 28 heavy (non-hydrogen) atoms. The van der Waals surface area contributed by atoms with Gasteiger partial charge in [0.1, 0.15) is 5.69 Å². The van der Waals surface area contributed by atoms with Crippen LogP contribution >= 0.6 is 0 Å². The average Bonchev–Trinajstić information content (AvgIpc) is 3.24. The number of aromatic nitrogens is 3. The number of nitrogens with one attached hydrogen (secondary N) is 2. The number of anilines is 1. The Labute approximate surface area is 166 Å². The maximum atomic E-state index is 4.65. The van der Waals surface area contributed by atoms with Crippen LogP contribution in [0.15, 0.2) is 36.5 Å². The molecule has 1 aromatic carbocycles. The van der Waals surface area contributed by atoms with Crippen molar-refractivity contribution in [2.24, 2.45) is 5.41 Å². The molecule has 1 saturated heterocycles. The van der Waals surface area contributed by atoms with E-state index in [2.05, 4.69) is 76.5 Å². The van der Waals surface area contributed by atoms with E-state index in [0.29, 0.717) is 5.41 Å². The lowest BCUT2D eigenvalue weighted by Crippen LogP contribution is -2.57. The van der Waals surface area contributed by atoms with Gasteiger partial charge in [-0.15, -0.1) is 0 Å². The molecule has 1 aliphatic heterocycles. The lowest BCUT2D eigenvalue weighted by Gasteiger charge is -2.40. The summed E-state index contributed by atoms with van der Waals surface area (Å²) < 4.78 is 0. The first-order valence-electron chi connectivity index (χ1n) is 10.3. The summed E-state index contributed by atoms with van der Waals surface area (Å²) in [6, 6.07) is 11.0. The van der Waals surface area contributed by atoms with E-state index < -0.39 is 0 Å². The van der Waals surface area contributed by atoms with Crippen LogP contribution in [0.5, 0.6) is 0 Å². The van der Waals surface area contributed by atoms with Crippen LogP contribution in [0.1, 0.15) is 39.2 Å². The van der Waals surface area contributed by atoms with Crippen molar-refractivity contribution >= 4 is 16.6 Å². The van der Waals surface area contributed by atoms with Crippen molar-refractivity contribution < 1.29 is 0 Å². The zero-order chi connectivity index (χ0) is 19.4. The molecule has 146 valence electrons. The van der Waals surface area contributed by atoms with Crippen LogP contribution in [0.3, 0.4) is 0 Å². The molecule has 2 aliphatic rings. The molecule has 0 atom stereocenters. The van der Waals surface area contributed by atoms with Crippen LogP contribution in [-0.4, -0.2) is 40.4 Å². The van der Waals surface area contributed by atoms with Crippen LogP contribution in [0.25, 0.3) is 22.3 Å². The number of rotatable bonds is 4. The minimum absolute atomic E-state index is 0.120. The van der Waals surface area contributed by atoms with Gasteiger partial charge in [-0.2, -0.15) is 5.10 Å². The first kappa shape index (κ1) is 17.7. The van der Waals surface area contributed by atoms with Crippen LogP contribution in [-0.2, 0) is 6.42 Å². The topological polar surface area (TPSA) is 56.8 Å². The highest BCUT2D eigenvalue weighted by Crippen LogP contribution is 2.48. The second kappa shape index (κ2) is 6.31. The van der Waals surface area contributed by atoms with Crippen molar-refractivity contribution in [1.29, 1.82) is 0 Å². The molecule has 5 rings (SSSR count). The van der Waals surface area contributed by atoms with Crippen LogP contribution < -0.4 is 10.2 Å². The summed E-state index contributed by atoms with van der Waals surface area (Å²) in [7, 11) is 0. The maximum Gasteiger partial charge on any atom is 0.118 e. The summed E-state index contributed by atoms with van der Waals surface area (Å²) in [5, 5.41) is 12.6. The number of pyridine rings is 1. The van der Waals surface area contributed by atoms with Crippen LogP contribution in [0.2, 0.25) is 0 Å². The summed E-state index contributed by atoms with van der Waals surface area (Å²) in [6.07, 6.45) is 5.74. The number of nitrogens with zero attached hydrogens (tertiary/aromatic N) is 3. The van der Waals surface area contributed by atoms with Gasteiger partial charge in [-0.1, -0.05) is 13.0 Å². The molecule has 0 spiro atoms. The third-order valence-corrected chi connectivity index (χ3v) is 6.28. The van der Waals surface area contributed by atoms with E-state index in [1.54, 1.807) is 0 Å². The lowest BCUT2D eigenvalue weighted by atomic mass is 9.97. The zero-order valence-corrected chi connectivity index (χ0v) is 17.0. The summed E-state index contributed by atoms with van der Waals surface area (Å²) in [5.41, 5.74) is 6.21. The number of hydrogen-bond donors (Lipinski definition) is 2. The van der Waals surface area contributed by atoms with Gasteiger partial charge in [0.25, 0.3) is 0 Å². The predicted octanol–water partition coefficient (Wildman–Crippen LogP) is 4.16. The second-order valence-electron chi connectivity index (χ2n) is 9.57. The minimum atomic E-state index is 0.120. The minimum Gasteiger partial charge on any atom is -0.368 e. The van der Waals surface area contributed by atoms with Crippen LogP contribution in [0.4, 0.5) is 5.69 Å². The highest BCUT2D eigenvalue weighted by atomic mass is 15.2. The summed E-state index contributed by atoms with van der Waals surface area (Å²) in [4.78, 5) is 7.10. The molecule has 1 aliphatic carbocycles. The number of piperazine rings is 1. The molecule has 2 fully saturated rings. The van der Waals surface area contributed by atoms with Gasteiger partial charge in [-0.3, -0.25) is 10.1 Å². The van der Waals surface area contributed by atoms with E-state index in [1.807, 2.05) is 6.20 Å². The lowest BCUT2D eigenvalue weighted by molar-refractivity contribution is 0.353. The van der Waals surface area contributed by atoms with Gasteiger partial charge in [0.05, 0.1) is 11.2 Å². The molecule has 2 aromatic heterocycles. The van der Waals surface area contributed by atoms with Crippen molar-refractivity contribution in [2.45, 2.75) is 45.6 Å². The fourth-order valence-corrected chi connectivity index (χ4v) is 4.36. The highest BCUT2D eigenvalue weighted by molar-refractivity contribution is 5.92. The van der Waals surface area contributed by atoms with E-state index in [4.69, 9.17) is 0 Å². The molecule has 0 bridgehead atoms. The molecule has 3 aromatic rings. The quantitative estimate of drug-likeness (QED) is 0.719. The molecule has 1 saturated carbocycles. The van der Waals surface area contributed by atoms with E-state index in [0.717, 1.165) is 43.0 Å². The summed E-state index contributed by atoms with van der Waals surface area (Å²) in [5.74, 6) is 0. The Balaban J connectivity index is 1.49. The third-order valence-electron chi connectivity index (χ3n) is 6.28. The number of hydrogen-bond acceptors (Lipinski definition) is 4. The predicted molar refractivity (Wildman–Crippen MR) is 115 cm³/mol. The van der Waals surface area contributed by atoms with Gasteiger partial charge in [-0.25, -0.2) is 0 Å². The Bertz CT molecular complexity index is 1010. The molecule has 3 heterocycles. The Morgan fingerprint density at radius 2 is 1.96 bits per heavy atom. The number of aromatic amines is 1. The van der Waals surface area contributed by atoms with Gasteiger partial charge in [0, 0.05) is 42.4 Å². The normalized spacial score (nSPS) is 20.5. The van der Waals surface area contributed by atoms with Crippen molar-refractivity contribution in [1.82, 2.24) is 20.5 Å². The van der Waals surface area contributed by atoms with E-state index >= 15 is 0 Å². The van der Waals surface area contributed by atoms with Gasteiger partial charge in [0.15, 0.2) is 0 Å². The molecular formula is C23H29N5. The van der Waals surface area contributed by atoms with Crippen molar-refractivity contribution in [2.75, 3.05) is 24.5 Å².